The standard InChI is InChI=1S/C22H28N2O7/c1-4-5-6-7-12-23(2)20(25)18-13-17(14-19(18)22(27)30-3)31-21(26)15-8-10-16(11-9-15)24(28)29/h4,8-11,17-19H,1,5-7,12-14H2,2-3H3. The highest BCUT2D eigenvalue weighted by molar-refractivity contribution is 5.90. The van der Waals surface area contributed by atoms with Gasteiger partial charge in [-0.1, -0.05) is 6.08 Å². The van der Waals surface area contributed by atoms with E-state index < -0.39 is 34.8 Å². The zero-order chi connectivity index (χ0) is 23.0. The van der Waals surface area contributed by atoms with Crippen LogP contribution in [-0.4, -0.2) is 54.5 Å². The lowest BCUT2D eigenvalue weighted by atomic mass is 9.94. The Morgan fingerprint density at radius 1 is 1.19 bits per heavy atom. The van der Waals surface area contributed by atoms with Crippen LogP contribution in [0.15, 0.2) is 36.9 Å². The number of non-ortho nitro benzene ring substituents is 1. The highest BCUT2D eigenvalue weighted by atomic mass is 16.6. The van der Waals surface area contributed by atoms with Gasteiger partial charge in [-0.15, -0.1) is 6.58 Å². The van der Waals surface area contributed by atoms with E-state index in [2.05, 4.69) is 6.58 Å². The fourth-order valence-electron chi connectivity index (χ4n) is 3.74. The molecule has 0 bridgehead atoms. The van der Waals surface area contributed by atoms with Crippen LogP contribution in [0.5, 0.6) is 0 Å². The number of carbonyl (C=O) groups is 3. The molecule has 168 valence electrons. The average molecular weight is 432 g/mol. The summed E-state index contributed by atoms with van der Waals surface area (Å²) in [6.07, 6.45) is 4.21. The first-order valence-corrected chi connectivity index (χ1v) is 10.2. The van der Waals surface area contributed by atoms with Crippen LogP contribution in [0.25, 0.3) is 0 Å². The molecular weight excluding hydrogens is 404 g/mol. The zero-order valence-electron chi connectivity index (χ0n) is 17.8. The summed E-state index contributed by atoms with van der Waals surface area (Å²) in [5.74, 6) is -2.67. The third-order valence-electron chi connectivity index (χ3n) is 5.46. The third kappa shape index (κ3) is 6.37. The lowest BCUT2D eigenvalue weighted by Gasteiger charge is -2.23. The van der Waals surface area contributed by atoms with Crippen molar-refractivity contribution in [2.75, 3.05) is 20.7 Å². The van der Waals surface area contributed by atoms with Gasteiger partial charge in [-0.05, 0) is 44.2 Å². The molecule has 1 saturated carbocycles. The molecular formula is C22H28N2O7. The zero-order valence-corrected chi connectivity index (χ0v) is 17.8. The maximum absolute atomic E-state index is 12.9. The van der Waals surface area contributed by atoms with E-state index in [0.717, 1.165) is 19.3 Å². The predicted octanol–water partition coefficient (Wildman–Crippen LogP) is 3.13. The summed E-state index contributed by atoms with van der Waals surface area (Å²) in [5.41, 5.74) is 0.0271. The van der Waals surface area contributed by atoms with Crippen LogP contribution >= 0.6 is 0 Å². The minimum atomic E-state index is -0.692. The average Bonchev–Trinajstić information content (AvgIpc) is 3.19. The molecule has 1 aliphatic rings. The van der Waals surface area contributed by atoms with Crippen molar-refractivity contribution < 1.29 is 28.8 Å². The van der Waals surface area contributed by atoms with Crippen LogP contribution in [0.2, 0.25) is 0 Å². The number of benzene rings is 1. The maximum atomic E-state index is 12.9. The Morgan fingerprint density at radius 2 is 1.84 bits per heavy atom. The highest BCUT2D eigenvalue weighted by Gasteiger charge is 2.45. The molecule has 3 atom stereocenters. The molecule has 1 aliphatic carbocycles. The Kier molecular flexibility index (Phi) is 8.72. The Balaban J connectivity index is 2.03. The molecule has 9 heteroatoms. The van der Waals surface area contributed by atoms with Crippen LogP contribution in [0.4, 0.5) is 5.69 Å². The summed E-state index contributed by atoms with van der Waals surface area (Å²) < 4.78 is 10.4. The van der Waals surface area contributed by atoms with Crippen molar-refractivity contribution in [3.8, 4) is 0 Å². The van der Waals surface area contributed by atoms with Gasteiger partial charge in [0.25, 0.3) is 5.69 Å². The van der Waals surface area contributed by atoms with Gasteiger partial charge in [0.05, 0.1) is 29.4 Å². The molecule has 0 radical (unpaired) electrons. The third-order valence-corrected chi connectivity index (χ3v) is 5.46. The Hall–Kier alpha value is -3.23. The number of esters is 2. The molecule has 3 unspecified atom stereocenters. The second-order valence-electron chi connectivity index (χ2n) is 7.58. The molecule has 2 rings (SSSR count). The Bertz CT molecular complexity index is 822. The normalized spacial score (nSPS) is 20.0. The highest BCUT2D eigenvalue weighted by Crippen LogP contribution is 2.36. The van der Waals surface area contributed by atoms with Crippen LogP contribution in [-0.2, 0) is 19.1 Å². The monoisotopic (exact) mass is 432 g/mol. The summed E-state index contributed by atoms with van der Waals surface area (Å²) in [4.78, 5) is 49.4. The van der Waals surface area contributed by atoms with E-state index in [0.29, 0.717) is 6.54 Å². The first kappa shape index (κ1) is 24.0. The Morgan fingerprint density at radius 3 is 2.42 bits per heavy atom. The minimum Gasteiger partial charge on any atom is -0.469 e. The molecule has 1 fully saturated rings. The molecule has 0 saturated heterocycles. The van der Waals surface area contributed by atoms with Gasteiger partial charge in [-0.25, -0.2) is 4.79 Å². The first-order valence-electron chi connectivity index (χ1n) is 10.2. The fraction of sp³-hybridized carbons (Fsp3) is 0.500. The van der Waals surface area contributed by atoms with Gasteiger partial charge in [0, 0.05) is 25.7 Å². The fourth-order valence-corrected chi connectivity index (χ4v) is 3.74. The number of hydrogen-bond donors (Lipinski definition) is 0. The minimum absolute atomic E-state index is 0.134. The number of ether oxygens (including phenoxy) is 2. The number of nitro groups is 1. The second-order valence-corrected chi connectivity index (χ2v) is 7.58. The number of hydrogen-bond acceptors (Lipinski definition) is 7. The number of nitro benzene ring substituents is 1. The lowest BCUT2D eigenvalue weighted by molar-refractivity contribution is -0.384. The first-order chi connectivity index (χ1) is 14.8. The quantitative estimate of drug-likeness (QED) is 0.183. The van der Waals surface area contributed by atoms with E-state index in [4.69, 9.17) is 9.47 Å². The summed E-state index contributed by atoms with van der Waals surface area (Å²) in [7, 11) is 2.96. The summed E-state index contributed by atoms with van der Waals surface area (Å²) in [6.45, 7) is 4.24. The largest absolute Gasteiger partial charge is 0.469 e. The molecule has 1 aromatic rings. The Labute approximate surface area is 181 Å². The molecule has 1 aromatic carbocycles. The van der Waals surface area contributed by atoms with Crippen molar-refractivity contribution in [2.45, 2.75) is 38.2 Å². The van der Waals surface area contributed by atoms with E-state index in [1.807, 2.05) is 6.08 Å². The summed E-state index contributed by atoms with van der Waals surface area (Å²) in [6, 6.07) is 5.06. The van der Waals surface area contributed by atoms with E-state index in [1.165, 1.54) is 31.4 Å². The summed E-state index contributed by atoms with van der Waals surface area (Å²) >= 11 is 0. The van der Waals surface area contributed by atoms with Crippen molar-refractivity contribution in [2.24, 2.45) is 11.8 Å². The number of rotatable bonds is 10. The van der Waals surface area contributed by atoms with E-state index >= 15 is 0 Å². The second kappa shape index (κ2) is 11.2. The number of carbonyl (C=O) groups excluding carboxylic acids is 3. The van der Waals surface area contributed by atoms with Gasteiger partial charge in [0.2, 0.25) is 5.91 Å². The van der Waals surface area contributed by atoms with Gasteiger partial charge in [0.15, 0.2) is 0 Å². The van der Waals surface area contributed by atoms with E-state index in [-0.39, 0.29) is 30.0 Å². The van der Waals surface area contributed by atoms with Gasteiger partial charge in [-0.2, -0.15) is 0 Å². The molecule has 1 amide bonds. The molecule has 31 heavy (non-hydrogen) atoms. The lowest BCUT2D eigenvalue weighted by Crippen LogP contribution is -2.37. The molecule has 0 spiro atoms. The number of amides is 1. The molecule has 0 N–H and O–H groups in total. The van der Waals surface area contributed by atoms with Gasteiger partial charge >= 0.3 is 11.9 Å². The van der Waals surface area contributed by atoms with Gasteiger partial charge in [-0.3, -0.25) is 19.7 Å². The predicted molar refractivity (Wildman–Crippen MR) is 112 cm³/mol. The molecule has 9 nitrogen and oxygen atoms in total. The van der Waals surface area contributed by atoms with Gasteiger partial charge in [0.1, 0.15) is 6.10 Å². The van der Waals surface area contributed by atoms with Crippen LogP contribution in [0.1, 0.15) is 42.5 Å². The number of methoxy groups -OCH3 is 1. The van der Waals surface area contributed by atoms with Crippen LogP contribution < -0.4 is 0 Å². The smallest absolute Gasteiger partial charge is 0.338 e. The van der Waals surface area contributed by atoms with Gasteiger partial charge < -0.3 is 14.4 Å². The van der Waals surface area contributed by atoms with E-state index in [9.17, 15) is 24.5 Å². The molecule has 0 heterocycles. The molecule has 0 aliphatic heterocycles. The number of allylic oxidation sites excluding steroid dienone is 1. The number of nitrogens with zero attached hydrogens (tertiary/aromatic N) is 2. The van der Waals surface area contributed by atoms with E-state index in [1.54, 1.807) is 11.9 Å². The van der Waals surface area contributed by atoms with Crippen molar-refractivity contribution in [3.63, 3.8) is 0 Å². The number of unbranched alkanes of at least 4 members (excludes halogenated alkanes) is 2. The molecule has 0 aromatic heterocycles. The van der Waals surface area contributed by atoms with Crippen molar-refractivity contribution in [1.29, 1.82) is 0 Å². The van der Waals surface area contributed by atoms with Crippen molar-refractivity contribution in [1.82, 2.24) is 4.90 Å². The topological polar surface area (TPSA) is 116 Å². The van der Waals surface area contributed by atoms with Crippen molar-refractivity contribution in [3.05, 3.63) is 52.6 Å². The SMILES string of the molecule is C=CCCCCN(C)C(=O)C1CC(OC(=O)c2ccc([N+](=O)[O-])cc2)CC1C(=O)OC. The maximum Gasteiger partial charge on any atom is 0.338 e. The van der Waals surface area contributed by atoms with Crippen molar-refractivity contribution >= 4 is 23.5 Å². The van der Waals surface area contributed by atoms with Crippen LogP contribution in [0.3, 0.4) is 0 Å². The van der Waals surface area contributed by atoms with Crippen LogP contribution in [0, 0.1) is 22.0 Å². The summed E-state index contributed by atoms with van der Waals surface area (Å²) in [5, 5.41) is 10.7.